The van der Waals surface area contributed by atoms with Gasteiger partial charge in [-0.15, -0.1) is 11.8 Å². The van der Waals surface area contributed by atoms with E-state index in [0.29, 0.717) is 23.5 Å². The van der Waals surface area contributed by atoms with Crippen LogP contribution in [0.2, 0.25) is 0 Å². The molecule has 2 aliphatic rings. The van der Waals surface area contributed by atoms with E-state index in [1.807, 2.05) is 18.2 Å². The maximum absolute atomic E-state index is 13.2. The molecule has 0 spiro atoms. The Morgan fingerprint density at radius 3 is 2.97 bits per heavy atom. The van der Waals surface area contributed by atoms with Crippen LogP contribution in [0.15, 0.2) is 45.2 Å². The van der Waals surface area contributed by atoms with Crippen molar-refractivity contribution >= 4 is 29.4 Å². The Morgan fingerprint density at radius 1 is 1.37 bits per heavy atom. The number of amides is 1. The van der Waals surface area contributed by atoms with Crippen LogP contribution in [0, 0.1) is 0 Å². The third-order valence-corrected chi connectivity index (χ3v) is 7.50. The van der Waals surface area contributed by atoms with Crippen molar-refractivity contribution in [2.24, 2.45) is 0 Å². The molecule has 0 unspecified atom stereocenters. The minimum absolute atomic E-state index is 0.0209. The van der Waals surface area contributed by atoms with Crippen molar-refractivity contribution in [3.05, 3.63) is 51.9 Å². The van der Waals surface area contributed by atoms with E-state index in [-0.39, 0.29) is 23.3 Å². The predicted molar refractivity (Wildman–Crippen MR) is 120 cm³/mol. The normalized spacial score (nSPS) is 20.3. The molecule has 0 bridgehead atoms. The molecule has 0 radical (unpaired) electrons. The lowest BCUT2D eigenvalue weighted by Crippen LogP contribution is -2.33. The summed E-state index contributed by atoms with van der Waals surface area (Å²) in [7, 11) is 0. The summed E-state index contributed by atoms with van der Waals surface area (Å²) in [5.41, 5.74) is 2.07. The molecule has 0 saturated carbocycles. The van der Waals surface area contributed by atoms with Gasteiger partial charge in [0.15, 0.2) is 5.16 Å². The second-order valence-electron chi connectivity index (χ2n) is 7.72. The lowest BCUT2D eigenvalue weighted by Gasteiger charge is -2.14. The predicted octanol–water partition coefficient (Wildman–Crippen LogP) is 2.91. The zero-order valence-electron chi connectivity index (χ0n) is 17.1. The van der Waals surface area contributed by atoms with Crippen LogP contribution in [0.1, 0.15) is 31.0 Å². The number of carbonyl (C=O) groups is 1. The molecule has 2 aliphatic heterocycles. The van der Waals surface area contributed by atoms with Crippen LogP contribution >= 0.6 is 23.5 Å². The van der Waals surface area contributed by atoms with Crippen molar-refractivity contribution in [2.75, 3.05) is 18.9 Å². The van der Waals surface area contributed by atoms with Gasteiger partial charge in [0.1, 0.15) is 0 Å². The molecular weight excluding hydrogens is 418 g/mol. The van der Waals surface area contributed by atoms with Crippen molar-refractivity contribution in [3.63, 3.8) is 0 Å². The average molecular weight is 446 g/mol. The smallest absolute Gasteiger partial charge is 0.268 e. The highest BCUT2D eigenvalue weighted by Crippen LogP contribution is 2.34. The lowest BCUT2D eigenvalue weighted by molar-refractivity contribution is -0.119. The van der Waals surface area contributed by atoms with Gasteiger partial charge in [-0.25, -0.2) is 4.98 Å². The van der Waals surface area contributed by atoms with Gasteiger partial charge in [0.05, 0.1) is 22.4 Å². The van der Waals surface area contributed by atoms with Crippen molar-refractivity contribution < 1.29 is 9.53 Å². The van der Waals surface area contributed by atoms with Crippen LogP contribution in [-0.2, 0) is 28.9 Å². The fourth-order valence-electron chi connectivity index (χ4n) is 3.74. The van der Waals surface area contributed by atoms with E-state index >= 15 is 0 Å². The molecule has 1 amide bonds. The number of ether oxygens (including phenoxy) is 1. The highest BCUT2D eigenvalue weighted by molar-refractivity contribution is 8.00. The van der Waals surface area contributed by atoms with E-state index in [1.54, 1.807) is 16.3 Å². The number of carbonyl (C=O) groups excluding carboxylic acids is 1. The maximum Gasteiger partial charge on any atom is 0.268 e. The van der Waals surface area contributed by atoms with E-state index in [4.69, 9.17) is 9.72 Å². The largest absolute Gasteiger partial charge is 0.376 e. The first kappa shape index (κ1) is 21.5. The summed E-state index contributed by atoms with van der Waals surface area (Å²) in [6.07, 6.45) is 3.72. The molecule has 2 atom stereocenters. The van der Waals surface area contributed by atoms with E-state index < -0.39 is 0 Å². The number of hydrogen-bond acceptors (Lipinski definition) is 6. The summed E-state index contributed by atoms with van der Waals surface area (Å²) in [6, 6.07) is 10.1. The highest BCUT2D eigenvalue weighted by Gasteiger charge is 2.26. The van der Waals surface area contributed by atoms with Gasteiger partial charge in [0.2, 0.25) is 5.91 Å². The zero-order chi connectivity index (χ0) is 20.9. The summed E-state index contributed by atoms with van der Waals surface area (Å²) in [4.78, 5) is 31.0. The Balaban J connectivity index is 1.46. The topological polar surface area (TPSA) is 73.2 Å². The zero-order valence-corrected chi connectivity index (χ0v) is 18.8. The van der Waals surface area contributed by atoms with E-state index in [1.165, 1.54) is 17.3 Å². The van der Waals surface area contributed by atoms with Gasteiger partial charge in [-0.1, -0.05) is 49.0 Å². The van der Waals surface area contributed by atoms with Crippen LogP contribution < -0.4 is 10.9 Å². The van der Waals surface area contributed by atoms with Gasteiger partial charge in [-0.05, 0) is 24.8 Å². The second-order valence-corrected chi connectivity index (χ2v) is 10.1. The van der Waals surface area contributed by atoms with Gasteiger partial charge in [-0.3, -0.25) is 14.2 Å². The van der Waals surface area contributed by atoms with Crippen molar-refractivity contribution in [2.45, 2.75) is 60.6 Å². The molecule has 1 aromatic carbocycles. The van der Waals surface area contributed by atoms with Crippen LogP contribution in [0.4, 0.5) is 0 Å². The van der Waals surface area contributed by atoms with Crippen LogP contribution in [0.3, 0.4) is 0 Å². The van der Waals surface area contributed by atoms with Gasteiger partial charge >= 0.3 is 0 Å². The molecule has 1 saturated heterocycles. The number of rotatable bonds is 8. The fraction of sp³-hybridized carbons (Fsp3) is 0.500. The number of nitrogens with one attached hydrogen (secondary N) is 1. The van der Waals surface area contributed by atoms with Crippen LogP contribution in [0.5, 0.6) is 0 Å². The van der Waals surface area contributed by atoms with Gasteiger partial charge in [-0.2, -0.15) is 0 Å². The summed E-state index contributed by atoms with van der Waals surface area (Å²) < 4.78 is 7.30. The summed E-state index contributed by atoms with van der Waals surface area (Å²) in [5, 5.41) is 3.94. The Kier molecular flexibility index (Phi) is 7.17. The number of fused-ring (bicyclic) bond motifs is 1. The molecule has 1 aromatic heterocycles. The molecule has 160 valence electrons. The number of nitrogens with zero attached hydrogens (tertiary/aromatic N) is 2. The summed E-state index contributed by atoms with van der Waals surface area (Å²) >= 11 is 2.95. The SMILES string of the molecule is C[C@H]1Cc2nc(SCC(=O)NC[C@@H]3CCCO3)n(CCc3ccccc3)c(=O)c2S1. The molecule has 1 N–H and O–H groups in total. The van der Waals surface area contributed by atoms with Gasteiger partial charge < -0.3 is 10.1 Å². The van der Waals surface area contributed by atoms with E-state index in [2.05, 4.69) is 24.4 Å². The van der Waals surface area contributed by atoms with Gasteiger partial charge in [0, 0.05) is 31.4 Å². The van der Waals surface area contributed by atoms with Crippen LogP contribution in [0.25, 0.3) is 0 Å². The minimum Gasteiger partial charge on any atom is -0.376 e. The van der Waals surface area contributed by atoms with Gasteiger partial charge in [0.25, 0.3) is 5.56 Å². The van der Waals surface area contributed by atoms with Crippen molar-refractivity contribution in [1.82, 2.24) is 14.9 Å². The van der Waals surface area contributed by atoms with Crippen molar-refractivity contribution in [3.8, 4) is 0 Å². The highest BCUT2D eigenvalue weighted by atomic mass is 32.2. The van der Waals surface area contributed by atoms with E-state index in [0.717, 1.165) is 42.9 Å². The van der Waals surface area contributed by atoms with E-state index in [9.17, 15) is 9.59 Å². The summed E-state index contributed by atoms with van der Waals surface area (Å²) in [6.45, 7) is 3.99. The first-order valence-electron chi connectivity index (χ1n) is 10.5. The molecule has 3 heterocycles. The Bertz CT molecular complexity index is 943. The monoisotopic (exact) mass is 445 g/mol. The van der Waals surface area contributed by atoms with Crippen LogP contribution in [-0.4, -0.2) is 45.7 Å². The standard InChI is InChI=1S/C22H27N3O3S2/c1-15-12-18-20(30-15)21(27)25(10-9-16-6-3-2-4-7-16)22(24-18)29-14-19(26)23-13-17-8-5-11-28-17/h2-4,6-7,15,17H,5,8-14H2,1H3,(H,23,26)/t15-,17-/m0/s1. The molecule has 4 rings (SSSR count). The molecule has 0 aliphatic carbocycles. The summed E-state index contributed by atoms with van der Waals surface area (Å²) in [5.74, 6) is 0.189. The Morgan fingerprint density at radius 2 is 2.20 bits per heavy atom. The first-order chi connectivity index (χ1) is 14.6. The third kappa shape index (κ3) is 5.28. The van der Waals surface area contributed by atoms with Crippen molar-refractivity contribution in [1.29, 1.82) is 0 Å². The second kappa shape index (κ2) is 10.0. The number of aromatic nitrogens is 2. The number of hydrogen-bond donors (Lipinski definition) is 1. The molecule has 30 heavy (non-hydrogen) atoms. The molecular formula is C22H27N3O3S2. The number of benzene rings is 1. The number of thioether (sulfide) groups is 2. The minimum atomic E-state index is -0.0531. The fourth-order valence-corrected chi connectivity index (χ4v) is 5.73. The molecule has 8 heteroatoms. The average Bonchev–Trinajstić information content (AvgIpc) is 3.40. The maximum atomic E-state index is 13.2. The molecule has 6 nitrogen and oxygen atoms in total. The molecule has 2 aromatic rings. The molecule has 1 fully saturated rings. The number of aryl methyl sites for hydroxylation is 1. The quantitative estimate of drug-likeness (QED) is 0.498. The third-order valence-electron chi connectivity index (χ3n) is 5.31. The Labute approximate surface area is 185 Å². The Hall–Kier alpha value is -1.77. The lowest BCUT2D eigenvalue weighted by atomic mass is 10.1. The first-order valence-corrected chi connectivity index (χ1v) is 12.3.